The van der Waals surface area contributed by atoms with Crippen molar-refractivity contribution in [1.82, 2.24) is 0 Å². The van der Waals surface area contributed by atoms with E-state index >= 15 is 0 Å². The van der Waals surface area contributed by atoms with Crippen LogP contribution in [-0.4, -0.2) is 0 Å². The van der Waals surface area contributed by atoms with Crippen LogP contribution in [0.3, 0.4) is 0 Å². The molecule has 0 N–H and O–H groups in total. The van der Waals surface area contributed by atoms with Gasteiger partial charge in [0, 0.05) is 0 Å². The average molecular weight is 358 g/mol. The molecule has 0 heterocycles. The van der Waals surface area contributed by atoms with E-state index in [2.05, 4.69) is 111 Å². The lowest BCUT2D eigenvalue weighted by molar-refractivity contribution is 1.51. The lowest BCUT2D eigenvalue weighted by atomic mass is 9.93. The first-order chi connectivity index (χ1) is 13.7. The quantitative estimate of drug-likeness (QED) is 0.241. The predicted molar refractivity (Wildman–Crippen MR) is 124 cm³/mol. The Labute approximate surface area is 165 Å². The molecule has 0 saturated carbocycles. The summed E-state index contributed by atoms with van der Waals surface area (Å²) in [5.74, 6) is 0. The van der Waals surface area contributed by atoms with Crippen LogP contribution in [0.25, 0.3) is 43.1 Å². The molecular formula is C28H22. The molecule has 6 rings (SSSR count). The van der Waals surface area contributed by atoms with Crippen LogP contribution in [0.15, 0.2) is 97.1 Å². The lowest BCUT2D eigenvalue weighted by Crippen LogP contribution is -1.84. The first kappa shape index (κ1) is 16.8. The van der Waals surface area contributed by atoms with E-state index in [0.717, 1.165) is 0 Å². The van der Waals surface area contributed by atoms with Crippen molar-refractivity contribution in [2.75, 3.05) is 0 Å². The van der Waals surface area contributed by atoms with Crippen molar-refractivity contribution >= 4 is 43.1 Å². The van der Waals surface area contributed by atoms with Gasteiger partial charge in [0.2, 0.25) is 0 Å². The van der Waals surface area contributed by atoms with Crippen LogP contribution < -0.4 is 0 Å². The Kier molecular flexibility index (Phi) is 3.98. The van der Waals surface area contributed by atoms with Crippen molar-refractivity contribution in [1.29, 1.82) is 0 Å². The van der Waals surface area contributed by atoms with Crippen LogP contribution in [0, 0.1) is 13.8 Å². The van der Waals surface area contributed by atoms with E-state index in [0.29, 0.717) is 0 Å². The molecule has 0 amide bonds. The molecular weight excluding hydrogens is 336 g/mol. The van der Waals surface area contributed by atoms with Crippen molar-refractivity contribution in [2.24, 2.45) is 0 Å². The molecule has 6 aromatic rings. The highest BCUT2D eigenvalue weighted by Gasteiger charge is 2.07. The first-order valence-corrected chi connectivity index (χ1v) is 9.79. The van der Waals surface area contributed by atoms with Crippen LogP contribution >= 0.6 is 0 Å². The molecule has 0 unspecified atom stereocenters. The van der Waals surface area contributed by atoms with E-state index in [4.69, 9.17) is 0 Å². The van der Waals surface area contributed by atoms with Gasteiger partial charge in [-0.05, 0) is 62.5 Å². The summed E-state index contributed by atoms with van der Waals surface area (Å²) in [7, 11) is 0. The number of benzene rings is 6. The monoisotopic (exact) mass is 358 g/mol. The van der Waals surface area contributed by atoms with Crippen molar-refractivity contribution < 1.29 is 0 Å². The maximum atomic E-state index is 2.27. The van der Waals surface area contributed by atoms with Crippen LogP contribution in [0.2, 0.25) is 0 Å². The zero-order valence-corrected chi connectivity index (χ0v) is 16.2. The van der Waals surface area contributed by atoms with E-state index in [-0.39, 0.29) is 0 Å². The van der Waals surface area contributed by atoms with Crippen molar-refractivity contribution in [3.63, 3.8) is 0 Å². The normalized spacial score (nSPS) is 11.2. The predicted octanol–water partition coefficient (Wildman–Crippen LogP) is 8.04. The molecule has 0 aliphatic heterocycles. The summed E-state index contributed by atoms with van der Waals surface area (Å²) < 4.78 is 0. The number of rotatable bonds is 0. The summed E-state index contributed by atoms with van der Waals surface area (Å²) in [6.45, 7) is 4.28. The highest BCUT2D eigenvalue weighted by molar-refractivity contribution is 6.23. The van der Waals surface area contributed by atoms with Crippen LogP contribution in [-0.2, 0) is 0 Å². The summed E-state index contributed by atoms with van der Waals surface area (Å²) in [6, 6.07) is 34.9. The van der Waals surface area contributed by atoms with Gasteiger partial charge in [0.25, 0.3) is 0 Å². The summed E-state index contributed by atoms with van der Waals surface area (Å²) in [6.07, 6.45) is 0. The van der Waals surface area contributed by atoms with Crippen molar-refractivity contribution in [3.05, 3.63) is 108 Å². The minimum atomic E-state index is 1.32. The minimum Gasteiger partial charge on any atom is -0.0616 e. The van der Waals surface area contributed by atoms with Gasteiger partial charge in [-0.25, -0.2) is 0 Å². The second kappa shape index (κ2) is 6.65. The van der Waals surface area contributed by atoms with Crippen LogP contribution in [0.5, 0.6) is 0 Å². The van der Waals surface area contributed by atoms with Crippen molar-refractivity contribution in [2.45, 2.75) is 13.8 Å². The van der Waals surface area contributed by atoms with Gasteiger partial charge in [0.05, 0.1) is 0 Å². The largest absolute Gasteiger partial charge is 0.0616 e. The van der Waals surface area contributed by atoms with Gasteiger partial charge in [-0.15, -0.1) is 0 Å². The molecule has 0 radical (unpaired) electrons. The van der Waals surface area contributed by atoms with E-state index in [9.17, 15) is 0 Å². The molecule has 0 aromatic heterocycles. The highest BCUT2D eigenvalue weighted by Crippen LogP contribution is 2.34. The third-order valence-electron chi connectivity index (χ3n) is 5.51. The molecule has 0 atom stereocenters. The highest BCUT2D eigenvalue weighted by atomic mass is 14.1. The molecule has 0 bridgehead atoms. The zero-order valence-electron chi connectivity index (χ0n) is 16.2. The average Bonchev–Trinajstić information content (AvgIpc) is 2.72. The maximum Gasteiger partial charge on any atom is -0.00266 e. The van der Waals surface area contributed by atoms with E-state index in [1.165, 1.54) is 54.2 Å². The second-order valence-corrected chi connectivity index (χ2v) is 7.65. The Morgan fingerprint density at radius 1 is 0.357 bits per heavy atom. The lowest BCUT2D eigenvalue weighted by Gasteiger charge is -2.11. The van der Waals surface area contributed by atoms with E-state index < -0.39 is 0 Å². The Morgan fingerprint density at radius 3 is 1.50 bits per heavy atom. The Hall–Kier alpha value is -3.38. The number of hydrogen-bond acceptors (Lipinski definition) is 0. The summed E-state index contributed by atoms with van der Waals surface area (Å²) in [5.41, 5.74) is 2.65. The van der Waals surface area contributed by atoms with E-state index in [1.807, 2.05) is 0 Å². The fourth-order valence-corrected chi connectivity index (χ4v) is 4.22. The van der Waals surface area contributed by atoms with Gasteiger partial charge in [-0.3, -0.25) is 0 Å². The van der Waals surface area contributed by atoms with Gasteiger partial charge in [0.1, 0.15) is 0 Å². The molecule has 0 saturated heterocycles. The molecule has 0 aliphatic carbocycles. The Morgan fingerprint density at radius 2 is 0.821 bits per heavy atom. The second-order valence-electron chi connectivity index (χ2n) is 7.65. The van der Waals surface area contributed by atoms with Gasteiger partial charge in [0.15, 0.2) is 0 Å². The molecule has 0 nitrogen and oxygen atoms in total. The van der Waals surface area contributed by atoms with E-state index in [1.54, 1.807) is 0 Å². The Bertz CT molecular complexity index is 1360. The van der Waals surface area contributed by atoms with Gasteiger partial charge < -0.3 is 0 Å². The molecule has 0 heteroatoms. The minimum absolute atomic E-state index is 1.32. The smallest absolute Gasteiger partial charge is 0.00266 e. The first-order valence-electron chi connectivity index (χ1n) is 9.79. The number of fused-ring (bicyclic) bond motifs is 1. The number of hydrogen-bond donors (Lipinski definition) is 0. The topological polar surface area (TPSA) is 0 Å². The number of aryl methyl sites for hydroxylation is 2. The molecule has 134 valence electrons. The fraction of sp³-hybridized carbons (Fsp3) is 0.0714. The summed E-state index contributed by atoms with van der Waals surface area (Å²) in [5, 5.41) is 10.8. The Balaban J connectivity index is 0.000000135. The maximum absolute atomic E-state index is 2.27. The van der Waals surface area contributed by atoms with Crippen molar-refractivity contribution in [3.8, 4) is 0 Å². The zero-order chi connectivity index (χ0) is 19.1. The van der Waals surface area contributed by atoms with Gasteiger partial charge >= 0.3 is 0 Å². The summed E-state index contributed by atoms with van der Waals surface area (Å²) >= 11 is 0. The molecule has 0 spiro atoms. The van der Waals surface area contributed by atoms with Gasteiger partial charge in [-0.2, -0.15) is 0 Å². The van der Waals surface area contributed by atoms with Crippen LogP contribution in [0.4, 0.5) is 0 Å². The standard InChI is InChI=1S/C17H12.C11H10/c1-11-9-14-7-5-12-3-2-4-13-6-8-15(10-11)17(14)16(12)13;1-9-6-7-10-4-2-3-5-11(10)8-9/h2-10H,1H3;2-8H,1H3. The third-order valence-corrected chi connectivity index (χ3v) is 5.51. The van der Waals surface area contributed by atoms with Crippen LogP contribution in [0.1, 0.15) is 11.1 Å². The SMILES string of the molecule is Cc1cc2ccc3cccc4ccc(c1)c2c34.Cc1ccc2ccccc2c1. The molecule has 28 heavy (non-hydrogen) atoms. The van der Waals surface area contributed by atoms with Gasteiger partial charge in [-0.1, -0.05) is 103 Å². The summed E-state index contributed by atoms with van der Waals surface area (Å²) in [4.78, 5) is 0. The molecule has 0 aliphatic rings. The molecule has 6 aromatic carbocycles. The fourth-order valence-electron chi connectivity index (χ4n) is 4.22. The molecule has 0 fully saturated rings. The third kappa shape index (κ3) is 2.88.